The molecule has 0 bridgehead atoms. The van der Waals surface area contributed by atoms with E-state index in [-0.39, 0.29) is 5.91 Å². The van der Waals surface area contributed by atoms with Crippen LogP contribution in [0.5, 0.6) is 0 Å². The highest BCUT2D eigenvalue weighted by atomic mass is 16.2. The zero-order valence-corrected chi connectivity index (χ0v) is 7.10. The first-order chi connectivity index (χ1) is 6.38. The van der Waals surface area contributed by atoms with Crippen LogP contribution in [-0.2, 0) is 0 Å². The molecule has 0 spiro atoms. The molecule has 1 aromatic heterocycles. The van der Waals surface area contributed by atoms with Crippen molar-refractivity contribution in [2.24, 2.45) is 0 Å². The van der Waals surface area contributed by atoms with Gasteiger partial charge in [0.05, 0.1) is 6.20 Å². The SMILES string of the molecule is O=C(c1cn[nH]n1)N1CC=CCC1. The van der Waals surface area contributed by atoms with Crippen LogP contribution in [0.2, 0.25) is 0 Å². The van der Waals surface area contributed by atoms with Crippen molar-refractivity contribution in [1.82, 2.24) is 20.3 Å². The van der Waals surface area contributed by atoms with Gasteiger partial charge in [0, 0.05) is 13.1 Å². The summed E-state index contributed by atoms with van der Waals surface area (Å²) in [6.45, 7) is 1.44. The summed E-state index contributed by atoms with van der Waals surface area (Å²) in [5, 5.41) is 9.76. The number of hydrogen-bond donors (Lipinski definition) is 1. The third-order valence-corrected chi connectivity index (χ3v) is 1.98. The van der Waals surface area contributed by atoms with Gasteiger partial charge in [0.15, 0.2) is 5.69 Å². The monoisotopic (exact) mass is 178 g/mol. The molecular formula is C8H10N4O. The molecule has 13 heavy (non-hydrogen) atoms. The van der Waals surface area contributed by atoms with Crippen LogP contribution < -0.4 is 0 Å². The fourth-order valence-electron chi connectivity index (χ4n) is 1.29. The van der Waals surface area contributed by atoms with Crippen LogP contribution in [0.25, 0.3) is 0 Å². The number of carbonyl (C=O) groups is 1. The maximum atomic E-state index is 11.6. The smallest absolute Gasteiger partial charge is 0.276 e. The quantitative estimate of drug-likeness (QED) is 0.625. The topological polar surface area (TPSA) is 61.9 Å². The predicted octanol–water partition coefficient (Wildman–Crippen LogP) is 0.207. The number of rotatable bonds is 1. The highest BCUT2D eigenvalue weighted by Gasteiger charge is 2.17. The van der Waals surface area contributed by atoms with Gasteiger partial charge in [-0.15, -0.1) is 0 Å². The lowest BCUT2D eigenvalue weighted by molar-refractivity contribution is 0.0765. The Bertz CT molecular complexity index is 317. The van der Waals surface area contributed by atoms with Gasteiger partial charge in [-0.05, 0) is 6.42 Å². The maximum Gasteiger partial charge on any atom is 0.276 e. The summed E-state index contributed by atoms with van der Waals surface area (Å²) >= 11 is 0. The second-order valence-electron chi connectivity index (χ2n) is 2.87. The van der Waals surface area contributed by atoms with Gasteiger partial charge >= 0.3 is 0 Å². The van der Waals surface area contributed by atoms with Gasteiger partial charge in [-0.1, -0.05) is 12.2 Å². The Labute approximate surface area is 75.4 Å². The van der Waals surface area contributed by atoms with Crippen LogP contribution in [0.4, 0.5) is 0 Å². The molecule has 0 atom stereocenters. The van der Waals surface area contributed by atoms with E-state index in [1.54, 1.807) is 4.90 Å². The fourth-order valence-corrected chi connectivity index (χ4v) is 1.29. The molecule has 1 amide bonds. The summed E-state index contributed by atoms with van der Waals surface area (Å²) in [5.74, 6) is -0.0573. The van der Waals surface area contributed by atoms with E-state index in [4.69, 9.17) is 0 Å². The molecule has 0 fully saturated rings. The van der Waals surface area contributed by atoms with E-state index in [0.717, 1.165) is 13.0 Å². The minimum absolute atomic E-state index is 0.0573. The molecular weight excluding hydrogens is 168 g/mol. The Balaban J connectivity index is 2.09. The molecule has 5 heteroatoms. The molecule has 2 rings (SSSR count). The summed E-state index contributed by atoms with van der Waals surface area (Å²) < 4.78 is 0. The highest BCUT2D eigenvalue weighted by molar-refractivity contribution is 5.92. The molecule has 5 nitrogen and oxygen atoms in total. The molecule has 2 heterocycles. The van der Waals surface area contributed by atoms with Crippen molar-refractivity contribution in [3.05, 3.63) is 24.0 Å². The van der Waals surface area contributed by atoms with E-state index in [1.165, 1.54) is 6.20 Å². The Hall–Kier alpha value is -1.65. The molecule has 1 N–H and O–H groups in total. The summed E-state index contributed by atoms with van der Waals surface area (Å²) in [4.78, 5) is 13.4. The van der Waals surface area contributed by atoms with E-state index >= 15 is 0 Å². The van der Waals surface area contributed by atoms with Gasteiger partial charge in [-0.25, -0.2) is 0 Å². The summed E-state index contributed by atoms with van der Waals surface area (Å²) in [6, 6.07) is 0. The van der Waals surface area contributed by atoms with E-state index in [0.29, 0.717) is 12.2 Å². The van der Waals surface area contributed by atoms with E-state index in [2.05, 4.69) is 21.5 Å². The zero-order chi connectivity index (χ0) is 9.10. The predicted molar refractivity (Wildman–Crippen MR) is 46.0 cm³/mol. The van der Waals surface area contributed by atoms with Crippen LogP contribution >= 0.6 is 0 Å². The Morgan fingerprint density at radius 2 is 2.46 bits per heavy atom. The first-order valence-electron chi connectivity index (χ1n) is 4.18. The lowest BCUT2D eigenvalue weighted by Gasteiger charge is -2.21. The van der Waals surface area contributed by atoms with E-state index in [9.17, 15) is 4.79 Å². The fraction of sp³-hybridized carbons (Fsp3) is 0.375. The van der Waals surface area contributed by atoms with Crippen LogP contribution in [0.3, 0.4) is 0 Å². The minimum Gasteiger partial charge on any atom is -0.333 e. The summed E-state index contributed by atoms with van der Waals surface area (Å²) in [7, 11) is 0. The van der Waals surface area contributed by atoms with Gasteiger partial charge in [0.2, 0.25) is 0 Å². The lowest BCUT2D eigenvalue weighted by atomic mass is 10.2. The average molecular weight is 178 g/mol. The number of carbonyl (C=O) groups excluding carboxylic acids is 1. The first-order valence-corrected chi connectivity index (χ1v) is 4.18. The van der Waals surface area contributed by atoms with Crippen LogP contribution in [-0.4, -0.2) is 39.3 Å². The average Bonchev–Trinajstić information content (AvgIpc) is 2.71. The highest BCUT2D eigenvalue weighted by Crippen LogP contribution is 2.05. The molecule has 0 unspecified atom stereocenters. The molecule has 0 saturated carbocycles. The number of amides is 1. The molecule has 1 aliphatic heterocycles. The third-order valence-electron chi connectivity index (χ3n) is 1.98. The lowest BCUT2D eigenvalue weighted by Crippen LogP contribution is -2.33. The first kappa shape index (κ1) is 7.97. The van der Waals surface area contributed by atoms with Gasteiger partial charge in [0.1, 0.15) is 0 Å². The molecule has 1 aliphatic rings. The Kier molecular flexibility index (Phi) is 2.08. The van der Waals surface area contributed by atoms with Gasteiger partial charge in [-0.3, -0.25) is 4.79 Å². The Morgan fingerprint density at radius 3 is 3.08 bits per heavy atom. The molecule has 1 aromatic rings. The standard InChI is InChI=1S/C8H10N4O/c13-8(7-6-9-11-10-7)12-4-2-1-3-5-12/h1-2,6H,3-5H2,(H,9,10,11). The number of nitrogens with one attached hydrogen (secondary N) is 1. The van der Waals surface area contributed by atoms with Crippen molar-refractivity contribution in [2.45, 2.75) is 6.42 Å². The largest absolute Gasteiger partial charge is 0.333 e. The van der Waals surface area contributed by atoms with Gasteiger partial charge in [-0.2, -0.15) is 15.4 Å². The molecule has 0 radical (unpaired) electrons. The number of H-pyrrole nitrogens is 1. The van der Waals surface area contributed by atoms with Crippen LogP contribution in [0, 0.1) is 0 Å². The second-order valence-corrected chi connectivity index (χ2v) is 2.87. The van der Waals surface area contributed by atoms with E-state index < -0.39 is 0 Å². The van der Waals surface area contributed by atoms with Gasteiger partial charge in [0.25, 0.3) is 5.91 Å². The number of nitrogens with zero attached hydrogens (tertiary/aromatic N) is 3. The van der Waals surface area contributed by atoms with Gasteiger partial charge < -0.3 is 4.90 Å². The van der Waals surface area contributed by atoms with Crippen LogP contribution in [0.1, 0.15) is 16.9 Å². The van der Waals surface area contributed by atoms with Crippen molar-refractivity contribution < 1.29 is 4.79 Å². The van der Waals surface area contributed by atoms with Crippen molar-refractivity contribution in [1.29, 1.82) is 0 Å². The normalized spacial score (nSPS) is 16.2. The number of aromatic nitrogens is 3. The molecule has 0 aromatic carbocycles. The zero-order valence-electron chi connectivity index (χ0n) is 7.10. The summed E-state index contributed by atoms with van der Waals surface area (Å²) in [6.07, 6.45) is 6.43. The minimum atomic E-state index is -0.0573. The van der Waals surface area contributed by atoms with Crippen molar-refractivity contribution >= 4 is 5.91 Å². The number of hydrogen-bond acceptors (Lipinski definition) is 3. The van der Waals surface area contributed by atoms with Crippen molar-refractivity contribution in [3.8, 4) is 0 Å². The molecule has 68 valence electrons. The molecule has 0 aliphatic carbocycles. The van der Waals surface area contributed by atoms with Crippen molar-refractivity contribution in [3.63, 3.8) is 0 Å². The maximum absolute atomic E-state index is 11.6. The third kappa shape index (κ3) is 1.58. The van der Waals surface area contributed by atoms with E-state index in [1.807, 2.05) is 6.08 Å². The van der Waals surface area contributed by atoms with Crippen molar-refractivity contribution in [2.75, 3.05) is 13.1 Å². The molecule has 0 saturated heterocycles. The Morgan fingerprint density at radius 1 is 1.54 bits per heavy atom. The second kappa shape index (κ2) is 3.38. The number of aromatic amines is 1. The van der Waals surface area contributed by atoms with Crippen LogP contribution in [0.15, 0.2) is 18.3 Å². The summed E-state index contributed by atoms with van der Waals surface area (Å²) in [5.41, 5.74) is 0.385.